The molecule has 0 aliphatic carbocycles. The number of esters is 1. The lowest BCUT2D eigenvalue weighted by Gasteiger charge is -2.14. The van der Waals surface area contributed by atoms with E-state index in [1.807, 2.05) is 19.9 Å². The van der Waals surface area contributed by atoms with E-state index in [1.165, 1.54) is 38.5 Å². The van der Waals surface area contributed by atoms with Crippen LogP contribution in [-0.4, -0.2) is 25.1 Å². The van der Waals surface area contributed by atoms with E-state index in [0.717, 1.165) is 11.1 Å². The molecule has 1 heterocycles. The summed E-state index contributed by atoms with van der Waals surface area (Å²) in [6, 6.07) is 13.3. The highest BCUT2D eigenvalue weighted by Crippen LogP contribution is 2.37. The number of nitrogens with zero attached hydrogens (tertiary/aromatic N) is 1. The maximum Gasteiger partial charge on any atom is 0.343 e. The number of hydrogen-bond acceptors (Lipinski definition) is 8. The van der Waals surface area contributed by atoms with Crippen molar-refractivity contribution in [2.75, 3.05) is 14.2 Å². The Morgan fingerprint density at radius 2 is 1.63 bits per heavy atom. The van der Waals surface area contributed by atoms with Gasteiger partial charge in [0.25, 0.3) is 5.69 Å². The van der Waals surface area contributed by atoms with Gasteiger partial charge < -0.3 is 18.6 Å². The van der Waals surface area contributed by atoms with Crippen LogP contribution in [0.15, 0.2) is 63.8 Å². The first-order chi connectivity index (χ1) is 16.7. The van der Waals surface area contributed by atoms with Gasteiger partial charge in [-0.2, -0.15) is 0 Å². The summed E-state index contributed by atoms with van der Waals surface area (Å²) in [4.78, 5) is 36.8. The molecule has 3 aromatic carbocycles. The number of hydrogen-bond donors (Lipinski definition) is 0. The number of benzene rings is 3. The number of ether oxygens (including phenoxy) is 3. The number of nitro benzene ring substituents is 1. The summed E-state index contributed by atoms with van der Waals surface area (Å²) in [5.74, 6) is -0.280. The number of nitro groups is 1. The predicted octanol–water partition coefficient (Wildman–Crippen LogP) is 5.22. The maximum absolute atomic E-state index is 13.5. The van der Waals surface area contributed by atoms with Crippen molar-refractivity contribution in [1.82, 2.24) is 0 Å². The first-order valence-corrected chi connectivity index (χ1v) is 10.5. The zero-order valence-electron chi connectivity index (χ0n) is 19.4. The van der Waals surface area contributed by atoms with E-state index in [9.17, 15) is 19.7 Å². The molecular weight excluding hydrogens is 454 g/mol. The topological polar surface area (TPSA) is 118 Å². The zero-order valence-corrected chi connectivity index (χ0v) is 19.4. The number of rotatable bonds is 6. The van der Waals surface area contributed by atoms with E-state index in [4.69, 9.17) is 18.6 Å². The van der Waals surface area contributed by atoms with Crippen molar-refractivity contribution >= 4 is 22.6 Å². The smallest absolute Gasteiger partial charge is 0.343 e. The molecule has 9 heteroatoms. The van der Waals surface area contributed by atoms with Crippen LogP contribution >= 0.6 is 0 Å². The summed E-state index contributed by atoms with van der Waals surface area (Å²) < 4.78 is 22.3. The van der Waals surface area contributed by atoms with Crippen molar-refractivity contribution in [3.8, 4) is 28.6 Å². The Hall–Kier alpha value is -4.66. The van der Waals surface area contributed by atoms with Crippen LogP contribution < -0.4 is 19.6 Å². The monoisotopic (exact) mass is 475 g/mol. The molecule has 0 radical (unpaired) electrons. The molecule has 35 heavy (non-hydrogen) atoms. The van der Waals surface area contributed by atoms with Crippen molar-refractivity contribution in [2.45, 2.75) is 13.8 Å². The van der Waals surface area contributed by atoms with Crippen LogP contribution in [0, 0.1) is 24.0 Å². The third-order valence-electron chi connectivity index (χ3n) is 5.43. The van der Waals surface area contributed by atoms with E-state index in [-0.39, 0.29) is 28.1 Å². The Morgan fingerprint density at radius 1 is 0.943 bits per heavy atom. The second-order valence-corrected chi connectivity index (χ2v) is 7.81. The van der Waals surface area contributed by atoms with Crippen LogP contribution in [0.5, 0.6) is 17.2 Å². The van der Waals surface area contributed by atoms with Crippen molar-refractivity contribution < 1.29 is 28.3 Å². The molecule has 0 spiro atoms. The van der Waals surface area contributed by atoms with Gasteiger partial charge in [0.05, 0.1) is 30.1 Å². The normalized spacial score (nSPS) is 10.7. The molecule has 4 rings (SSSR count). The maximum atomic E-state index is 13.5. The molecule has 0 fully saturated rings. The second-order valence-electron chi connectivity index (χ2n) is 7.81. The standard InChI is InChI=1S/C26H21NO8/c1-14-11-15(2)23-19(12-14)22(28)25(35-26(29)16-5-8-18(9-6-16)27(30)31)24(34-23)17-7-10-20(32-3)21(13-17)33-4/h5-13H,1-4H3. The minimum Gasteiger partial charge on any atom is -0.493 e. The molecular formula is C26H21NO8. The highest BCUT2D eigenvalue weighted by Gasteiger charge is 2.23. The van der Waals surface area contributed by atoms with E-state index in [0.29, 0.717) is 22.6 Å². The quantitative estimate of drug-likeness (QED) is 0.212. The largest absolute Gasteiger partial charge is 0.493 e. The molecule has 0 aliphatic rings. The lowest BCUT2D eigenvalue weighted by Crippen LogP contribution is -2.16. The molecule has 4 aromatic rings. The fourth-order valence-corrected chi connectivity index (χ4v) is 3.76. The summed E-state index contributed by atoms with van der Waals surface area (Å²) in [5, 5.41) is 11.2. The molecule has 0 N–H and O–H groups in total. The summed E-state index contributed by atoms with van der Waals surface area (Å²) in [6.45, 7) is 3.66. The van der Waals surface area contributed by atoms with Crippen molar-refractivity contribution in [2.24, 2.45) is 0 Å². The van der Waals surface area contributed by atoms with Gasteiger partial charge in [-0.25, -0.2) is 4.79 Å². The Labute approximate surface area is 199 Å². The molecule has 178 valence electrons. The van der Waals surface area contributed by atoms with Crippen molar-refractivity contribution in [1.29, 1.82) is 0 Å². The third-order valence-corrected chi connectivity index (χ3v) is 5.43. The van der Waals surface area contributed by atoms with E-state index in [2.05, 4.69) is 0 Å². The third kappa shape index (κ3) is 4.43. The molecule has 9 nitrogen and oxygen atoms in total. The molecule has 0 saturated carbocycles. The molecule has 0 unspecified atom stereocenters. The van der Waals surface area contributed by atoms with Gasteiger partial charge in [-0.3, -0.25) is 14.9 Å². The summed E-state index contributed by atoms with van der Waals surface area (Å²) >= 11 is 0. The molecule has 0 amide bonds. The number of fused-ring (bicyclic) bond motifs is 1. The van der Waals surface area contributed by atoms with Gasteiger partial charge in [-0.1, -0.05) is 6.07 Å². The summed E-state index contributed by atoms with van der Waals surface area (Å²) in [5.41, 5.74) is 1.70. The van der Waals surface area contributed by atoms with Crippen LogP contribution in [-0.2, 0) is 0 Å². The average molecular weight is 475 g/mol. The SMILES string of the molecule is COc1ccc(-c2oc3c(C)cc(C)cc3c(=O)c2OC(=O)c2ccc([N+](=O)[O-])cc2)cc1OC. The zero-order chi connectivity index (χ0) is 25.3. The number of methoxy groups -OCH3 is 2. The van der Waals surface area contributed by atoms with Gasteiger partial charge in [0.1, 0.15) is 5.58 Å². The van der Waals surface area contributed by atoms with Gasteiger partial charge in [-0.05, 0) is 61.4 Å². The Balaban J connectivity index is 1.91. The van der Waals surface area contributed by atoms with Crippen molar-refractivity contribution in [3.63, 3.8) is 0 Å². The molecule has 0 aliphatic heterocycles. The lowest BCUT2D eigenvalue weighted by molar-refractivity contribution is -0.384. The second kappa shape index (κ2) is 9.30. The number of non-ortho nitro benzene ring substituents is 1. The van der Waals surface area contributed by atoms with Crippen LogP contribution in [0.3, 0.4) is 0 Å². The fourth-order valence-electron chi connectivity index (χ4n) is 3.76. The molecule has 0 bridgehead atoms. The first-order valence-electron chi connectivity index (χ1n) is 10.5. The van der Waals surface area contributed by atoms with Gasteiger partial charge >= 0.3 is 5.97 Å². The van der Waals surface area contributed by atoms with Crippen LogP contribution in [0.25, 0.3) is 22.3 Å². The highest BCUT2D eigenvalue weighted by atomic mass is 16.6. The minimum absolute atomic E-state index is 0.0330. The van der Waals surface area contributed by atoms with Crippen LogP contribution in [0.2, 0.25) is 0 Å². The van der Waals surface area contributed by atoms with E-state index < -0.39 is 16.3 Å². The van der Waals surface area contributed by atoms with Gasteiger partial charge in [0.15, 0.2) is 17.3 Å². The number of carbonyl (C=O) groups excluding carboxylic acids is 1. The molecule has 1 aromatic heterocycles. The minimum atomic E-state index is -0.863. The first kappa shape index (κ1) is 23.5. The number of carbonyl (C=O) groups is 1. The van der Waals surface area contributed by atoms with Crippen molar-refractivity contribution in [3.05, 3.63) is 91.6 Å². The molecule has 0 saturated heterocycles. The Morgan fingerprint density at radius 3 is 2.26 bits per heavy atom. The Bertz CT molecular complexity index is 1520. The number of aryl methyl sites for hydroxylation is 2. The highest BCUT2D eigenvalue weighted by molar-refractivity contribution is 5.93. The molecule has 0 atom stereocenters. The van der Waals surface area contributed by atoms with E-state index >= 15 is 0 Å². The fraction of sp³-hybridized carbons (Fsp3) is 0.154. The van der Waals surface area contributed by atoms with Gasteiger partial charge in [0, 0.05) is 17.7 Å². The van der Waals surface area contributed by atoms with Crippen LogP contribution in [0.4, 0.5) is 5.69 Å². The summed E-state index contributed by atoms with van der Waals surface area (Å²) in [7, 11) is 2.97. The Kier molecular flexibility index (Phi) is 6.24. The van der Waals surface area contributed by atoms with Gasteiger partial charge in [0.2, 0.25) is 11.2 Å². The summed E-state index contributed by atoms with van der Waals surface area (Å²) in [6.07, 6.45) is 0. The lowest BCUT2D eigenvalue weighted by atomic mass is 10.0. The average Bonchev–Trinajstić information content (AvgIpc) is 2.85. The van der Waals surface area contributed by atoms with E-state index in [1.54, 1.807) is 24.3 Å². The van der Waals surface area contributed by atoms with Crippen LogP contribution in [0.1, 0.15) is 21.5 Å². The predicted molar refractivity (Wildman–Crippen MR) is 129 cm³/mol. The van der Waals surface area contributed by atoms with Gasteiger partial charge in [-0.15, -0.1) is 0 Å².